The molecule has 1 aliphatic heterocycles. The largest absolute Gasteiger partial charge is 0.380 e. The van der Waals surface area contributed by atoms with Gasteiger partial charge in [-0.3, -0.25) is 4.79 Å². The van der Waals surface area contributed by atoms with Gasteiger partial charge in [-0.2, -0.15) is 0 Å². The quantitative estimate of drug-likeness (QED) is 0.678. The lowest BCUT2D eigenvalue weighted by Gasteiger charge is -2.11. The summed E-state index contributed by atoms with van der Waals surface area (Å²) in [5.74, 6) is 0.835. The van der Waals surface area contributed by atoms with E-state index in [0.29, 0.717) is 18.9 Å². The fourth-order valence-electron chi connectivity index (χ4n) is 1.73. The number of carbonyl (C=O) groups is 1. The van der Waals surface area contributed by atoms with Crippen LogP contribution in [0.5, 0.6) is 0 Å². The molecule has 1 saturated heterocycles. The van der Waals surface area contributed by atoms with E-state index in [9.17, 15) is 4.79 Å². The Morgan fingerprint density at radius 1 is 1.67 bits per heavy atom. The van der Waals surface area contributed by atoms with Crippen molar-refractivity contribution >= 4 is 5.91 Å². The van der Waals surface area contributed by atoms with Crippen LogP contribution in [-0.4, -0.2) is 38.8 Å². The minimum absolute atomic E-state index is 0.0992. The highest BCUT2D eigenvalue weighted by Crippen LogP contribution is 2.13. The van der Waals surface area contributed by atoms with Crippen molar-refractivity contribution in [3.8, 4) is 0 Å². The molecule has 0 saturated carbocycles. The molecule has 1 fully saturated rings. The van der Waals surface area contributed by atoms with Crippen LogP contribution in [-0.2, 0) is 9.53 Å². The molecule has 4 nitrogen and oxygen atoms in total. The van der Waals surface area contributed by atoms with Crippen LogP contribution < -0.4 is 10.6 Å². The molecule has 1 rings (SSSR count). The van der Waals surface area contributed by atoms with Crippen LogP contribution in [0, 0.1) is 5.92 Å². The Kier molecular flexibility index (Phi) is 5.65. The number of methoxy groups -OCH3 is 1. The van der Waals surface area contributed by atoms with Gasteiger partial charge in [0.15, 0.2) is 0 Å². The van der Waals surface area contributed by atoms with Crippen molar-refractivity contribution in [3.05, 3.63) is 0 Å². The number of nitrogens with one attached hydrogen (secondary N) is 2. The summed E-state index contributed by atoms with van der Waals surface area (Å²) in [6.07, 6.45) is 2.95. The van der Waals surface area contributed by atoms with Crippen LogP contribution in [0.15, 0.2) is 0 Å². The van der Waals surface area contributed by atoms with Gasteiger partial charge >= 0.3 is 0 Å². The van der Waals surface area contributed by atoms with Crippen LogP contribution >= 0.6 is 0 Å². The summed E-state index contributed by atoms with van der Waals surface area (Å²) in [7, 11) is 1.65. The number of ether oxygens (including phenoxy) is 1. The first kappa shape index (κ1) is 12.5. The second kappa shape index (κ2) is 6.80. The fourth-order valence-corrected chi connectivity index (χ4v) is 1.73. The van der Waals surface area contributed by atoms with E-state index in [2.05, 4.69) is 10.6 Å². The van der Waals surface area contributed by atoms with Gasteiger partial charge in [0.2, 0.25) is 5.91 Å². The van der Waals surface area contributed by atoms with Gasteiger partial charge in [0.05, 0.1) is 6.10 Å². The van der Waals surface area contributed by atoms with Crippen molar-refractivity contribution in [3.63, 3.8) is 0 Å². The lowest BCUT2D eigenvalue weighted by atomic mass is 10.0. The number of hydrogen-bond donors (Lipinski definition) is 2. The van der Waals surface area contributed by atoms with Gasteiger partial charge in [0, 0.05) is 20.1 Å². The first-order valence-corrected chi connectivity index (χ1v) is 5.72. The molecular formula is C11H22N2O2. The average molecular weight is 214 g/mol. The van der Waals surface area contributed by atoms with Crippen molar-refractivity contribution in [2.24, 2.45) is 5.92 Å². The summed E-state index contributed by atoms with van der Waals surface area (Å²) < 4.78 is 5.05. The Balaban J connectivity index is 2.02. The summed E-state index contributed by atoms with van der Waals surface area (Å²) in [5.41, 5.74) is 0. The summed E-state index contributed by atoms with van der Waals surface area (Å²) in [5, 5.41) is 6.18. The van der Waals surface area contributed by atoms with Crippen LogP contribution in [0.25, 0.3) is 0 Å². The van der Waals surface area contributed by atoms with E-state index in [1.165, 1.54) is 6.42 Å². The highest BCUT2D eigenvalue weighted by Gasteiger charge is 2.15. The van der Waals surface area contributed by atoms with Gasteiger partial charge in [-0.15, -0.1) is 0 Å². The number of carbonyl (C=O) groups excluding carboxylic acids is 1. The van der Waals surface area contributed by atoms with Crippen molar-refractivity contribution < 1.29 is 9.53 Å². The minimum Gasteiger partial charge on any atom is -0.380 e. The summed E-state index contributed by atoms with van der Waals surface area (Å²) >= 11 is 0. The molecule has 1 amide bonds. The van der Waals surface area contributed by atoms with Crippen molar-refractivity contribution in [1.29, 1.82) is 0 Å². The van der Waals surface area contributed by atoms with Gasteiger partial charge in [-0.05, 0) is 38.8 Å². The standard InChI is InChI=1S/C11H22N2O2/c1-9(15-2)7-13-11(14)4-3-10-5-6-12-8-10/h9-10,12H,3-8H2,1-2H3,(H,13,14). The second-order valence-corrected chi connectivity index (χ2v) is 4.25. The molecule has 1 aliphatic rings. The first-order chi connectivity index (χ1) is 7.22. The summed E-state index contributed by atoms with van der Waals surface area (Å²) in [4.78, 5) is 11.4. The number of hydrogen-bond acceptors (Lipinski definition) is 3. The van der Waals surface area contributed by atoms with E-state index >= 15 is 0 Å². The Hall–Kier alpha value is -0.610. The summed E-state index contributed by atoms with van der Waals surface area (Å²) in [6.45, 7) is 4.73. The third-order valence-electron chi connectivity index (χ3n) is 2.93. The molecule has 0 bridgehead atoms. The predicted octanol–water partition coefficient (Wildman–Crippen LogP) is 0.527. The maximum atomic E-state index is 11.4. The average Bonchev–Trinajstić information content (AvgIpc) is 2.75. The maximum Gasteiger partial charge on any atom is 0.220 e. The van der Waals surface area contributed by atoms with E-state index in [-0.39, 0.29) is 12.0 Å². The monoisotopic (exact) mass is 214 g/mol. The molecule has 2 atom stereocenters. The molecule has 0 aliphatic carbocycles. The van der Waals surface area contributed by atoms with Crippen LogP contribution in [0.4, 0.5) is 0 Å². The molecule has 4 heteroatoms. The molecule has 0 radical (unpaired) electrons. The predicted molar refractivity (Wildman–Crippen MR) is 59.7 cm³/mol. The second-order valence-electron chi connectivity index (χ2n) is 4.25. The molecule has 0 aromatic carbocycles. The number of rotatable bonds is 6. The molecule has 0 aromatic heterocycles. The van der Waals surface area contributed by atoms with E-state index in [0.717, 1.165) is 19.5 Å². The minimum atomic E-state index is 0.0992. The molecule has 0 aromatic rings. The van der Waals surface area contributed by atoms with Crippen LogP contribution in [0.3, 0.4) is 0 Å². The zero-order valence-electron chi connectivity index (χ0n) is 9.71. The number of amides is 1. The summed E-state index contributed by atoms with van der Waals surface area (Å²) in [6, 6.07) is 0. The molecule has 0 spiro atoms. The van der Waals surface area contributed by atoms with Crippen molar-refractivity contribution in [2.45, 2.75) is 32.3 Å². The molecule has 15 heavy (non-hydrogen) atoms. The highest BCUT2D eigenvalue weighted by molar-refractivity contribution is 5.75. The van der Waals surface area contributed by atoms with Gasteiger partial charge in [0.25, 0.3) is 0 Å². The van der Waals surface area contributed by atoms with Crippen molar-refractivity contribution in [1.82, 2.24) is 10.6 Å². The smallest absolute Gasteiger partial charge is 0.220 e. The van der Waals surface area contributed by atoms with Crippen LogP contribution in [0.1, 0.15) is 26.2 Å². The third-order valence-corrected chi connectivity index (χ3v) is 2.93. The van der Waals surface area contributed by atoms with E-state index < -0.39 is 0 Å². The normalized spacial score (nSPS) is 22.7. The van der Waals surface area contributed by atoms with Crippen molar-refractivity contribution in [2.75, 3.05) is 26.7 Å². The van der Waals surface area contributed by atoms with E-state index in [4.69, 9.17) is 4.74 Å². The zero-order valence-corrected chi connectivity index (χ0v) is 9.71. The topological polar surface area (TPSA) is 50.4 Å². The Labute approximate surface area is 91.8 Å². The van der Waals surface area contributed by atoms with E-state index in [1.807, 2.05) is 6.92 Å². The molecule has 88 valence electrons. The molecule has 2 N–H and O–H groups in total. The highest BCUT2D eigenvalue weighted by atomic mass is 16.5. The van der Waals surface area contributed by atoms with Gasteiger partial charge < -0.3 is 15.4 Å². The zero-order chi connectivity index (χ0) is 11.1. The fraction of sp³-hybridized carbons (Fsp3) is 0.909. The molecule has 1 heterocycles. The molecular weight excluding hydrogens is 192 g/mol. The van der Waals surface area contributed by atoms with Gasteiger partial charge in [0.1, 0.15) is 0 Å². The Morgan fingerprint density at radius 2 is 2.47 bits per heavy atom. The Morgan fingerprint density at radius 3 is 3.07 bits per heavy atom. The first-order valence-electron chi connectivity index (χ1n) is 5.72. The van der Waals surface area contributed by atoms with Gasteiger partial charge in [-0.25, -0.2) is 0 Å². The lowest BCUT2D eigenvalue weighted by Crippen LogP contribution is -2.31. The SMILES string of the molecule is COC(C)CNC(=O)CCC1CCNC1. The third kappa shape index (κ3) is 5.14. The molecule has 2 unspecified atom stereocenters. The maximum absolute atomic E-state index is 11.4. The van der Waals surface area contributed by atoms with E-state index in [1.54, 1.807) is 7.11 Å². The Bertz CT molecular complexity index is 191. The van der Waals surface area contributed by atoms with Gasteiger partial charge in [-0.1, -0.05) is 0 Å². The lowest BCUT2D eigenvalue weighted by molar-refractivity contribution is -0.121. The van der Waals surface area contributed by atoms with Crippen LogP contribution in [0.2, 0.25) is 0 Å².